The summed E-state index contributed by atoms with van der Waals surface area (Å²) in [5.74, 6) is -0.696. The Morgan fingerprint density at radius 2 is 2.09 bits per heavy atom. The van der Waals surface area contributed by atoms with Crippen LogP contribution in [0.1, 0.15) is 17.4 Å². The van der Waals surface area contributed by atoms with Gasteiger partial charge >= 0.3 is 0 Å². The van der Waals surface area contributed by atoms with Crippen LogP contribution in [0.15, 0.2) is 6.07 Å². The Balaban J connectivity index is 2.10. The van der Waals surface area contributed by atoms with Crippen molar-refractivity contribution in [1.82, 2.24) is 15.0 Å². The number of rotatable bonds is 2. The number of halogens is 1. The van der Waals surface area contributed by atoms with E-state index < -0.39 is 37.0 Å². The van der Waals surface area contributed by atoms with Crippen LogP contribution in [0.4, 0.5) is 4.39 Å². The van der Waals surface area contributed by atoms with Gasteiger partial charge in [0.05, 0.1) is 12.3 Å². The predicted molar refractivity (Wildman–Crippen MR) is 76.1 cm³/mol. The number of pyridine rings is 1. The highest BCUT2D eigenvalue weighted by atomic mass is 32.1. The normalized spacial score (nSPS) is 28.4. The van der Waals surface area contributed by atoms with E-state index in [1.807, 2.05) is 0 Å². The van der Waals surface area contributed by atoms with Crippen LogP contribution in [0, 0.1) is 17.5 Å². The second-order valence-corrected chi connectivity index (χ2v) is 5.55. The fourth-order valence-electron chi connectivity index (χ4n) is 2.47. The number of hydrogen-bond donors (Lipinski definition) is 4. The molecule has 0 bridgehead atoms. The molecule has 3 rings (SSSR count). The summed E-state index contributed by atoms with van der Waals surface area (Å²) in [6.07, 6.45) is -4.26. The third-order valence-electron chi connectivity index (χ3n) is 3.67. The van der Waals surface area contributed by atoms with Gasteiger partial charge in [-0.1, -0.05) is 12.2 Å². The molecule has 2 aromatic heterocycles. The van der Waals surface area contributed by atoms with E-state index in [1.54, 1.807) is 0 Å². The van der Waals surface area contributed by atoms with E-state index in [2.05, 4.69) is 15.0 Å². The minimum Gasteiger partial charge on any atom is -0.394 e. The van der Waals surface area contributed by atoms with Crippen molar-refractivity contribution in [1.29, 1.82) is 0 Å². The smallest absolute Gasteiger partial charge is 0.236 e. The molecule has 0 aromatic carbocycles. The summed E-state index contributed by atoms with van der Waals surface area (Å²) in [4.78, 5) is 10.5. The molecule has 118 valence electrons. The number of nitrogens with zero attached hydrogens (tertiary/aromatic N) is 2. The molecule has 0 spiro atoms. The van der Waals surface area contributed by atoms with Crippen molar-refractivity contribution in [3.8, 4) is 0 Å². The van der Waals surface area contributed by atoms with Gasteiger partial charge in [0, 0.05) is 5.56 Å². The van der Waals surface area contributed by atoms with Gasteiger partial charge in [-0.15, -0.1) is 0 Å². The lowest BCUT2D eigenvalue weighted by molar-refractivity contribution is -0.0229. The lowest BCUT2D eigenvalue weighted by Gasteiger charge is -2.15. The number of aromatic nitrogens is 3. The molecule has 22 heavy (non-hydrogen) atoms. The van der Waals surface area contributed by atoms with Crippen LogP contribution >= 0.6 is 12.2 Å². The molecule has 2 aromatic rings. The van der Waals surface area contributed by atoms with Gasteiger partial charge in [0.2, 0.25) is 5.95 Å². The predicted octanol–water partition coefficient (Wildman–Crippen LogP) is 0.289. The fourth-order valence-corrected chi connectivity index (χ4v) is 2.74. The molecule has 0 radical (unpaired) electrons. The van der Waals surface area contributed by atoms with E-state index in [0.29, 0.717) is 11.1 Å². The molecule has 1 saturated heterocycles. The van der Waals surface area contributed by atoms with Crippen LogP contribution < -0.4 is 0 Å². The van der Waals surface area contributed by atoms with Crippen molar-refractivity contribution in [3.05, 3.63) is 27.9 Å². The number of aromatic amines is 1. The largest absolute Gasteiger partial charge is 0.394 e. The van der Waals surface area contributed by atoms with Gasteiger partial charge in [-0.2, -0.15) is 9.37 Å². The average molecular weight is 327 g/mol. The molecular weight excluding hydrogens is 313 g/mol. The first kappa shape index (κ1) is 15.4. The lowest BCUT2D eigenvalue weighted by Crippen LogP contribution is -2.32. The summed E-state index contributed by atoms with van der Waals surface area (Å²) in [5.41, 5.74) is 1.07. The molecule has 1 aliphatic rings. The van der Waals surface area contributed by atoms with Crippen molar-refractivity contribution >= 4 is 23.4 Å². The van der Waals surface area contributed by atoms with Gasteiger partial charge in [-0.05, 0) is 13.0 Å². The molecule has 0 saturated carbocycles. The van der Waals surface area contributed by atoms with E-state index >= 15 is 0 Å². The third kappa shape index (κ3) is 2.40. The van der Waals surface area contributed by atoms with Gasteiger partial charge in [-0.3, -0.25) is 0 Å². The molecule has 1 unspecified atom stereocenters. The molecule has 7 nitrogen and oxygen atoms in total. The minimum atomic E-state index is -1.24. The van der Waals surface area contributed by atoms with Crippen LogP contribution in [0.25, 0.3) is 11.2 Å². The Labute approximate surface area is 129 Å². The van der Waals surface area contributed by atoms with Gasteiger partial charge in [0.25, 0.3) is 0 Å². The van der Waals surface area contributed by atoms with Crippen molar-refractivity contribution in [3.63, 3.8) is 0 Å². The minimum absolute atomic E-state index is 0.130. The molecule has 0 aliphatic carbocycles. The zero-order chi connectivity index (χ0) is 16.0. The number of H-pyrrole nitrogens is 1. The van der Waals surface area contributed by atoms with Gasteiger partial charge in [-0.25, -0.2) is 4.98 Å². The van der Waals surface area contributed by atoms with E-state index in [1.165, 1.54) is 13.0 Å². The second-order valence-electron chi connectivity index (χ2n) is 5.15. The summed E-state index contributed by atoms with van der Waals surface area (Å²) >= 11 is 5.18. The van der Waals surface area contributed by atoms with Crippen molar-refractivity contribution in [2.24, 2.45) is 0 Å². The Bertz CT molecular complexity index is 784. The summed E-state index contributed by atoms with van der Waals surface area (Å²) in [7, 11) is 0. The van der Waals surface area contributed by atoms with Gasteiger partial charge in [0.15, 0.2) is 5.65 Å². The van der Waals surface area contributed by atoms with Crippen LogP contribution in [0.3, 0.4) is 0 Å². The van der Waals surface area contributed by atoms with E-state index in [9.17, 15) is 14.6 Å². The van der Waals surface area contributed by atoms with Gasteiger partial charge in [0.1, 0.15) is 34.6 Å². The Morgan fingerprint density at radius 3 is 2.73 bits per heavy atom. The number of ether oxygens (including phenoxy) is 1. The van der Waals surface area contributed by atoms with E-state index in [4.69, 9.17) is 22.1 Å². The first-order valence-corrected chi connectivity index (χ1v) is 7.02. The Hall–Kier alpha value is -1.52. The molecule has 0 amide bonds. The van der Waals surface area contributed by atoms with Gasteiger partial charge < -0.3 is 25.0 Å². The second kappa shape index (κ2) is 5.60. The van der Waals surface area contributed by atoms with Crippen LogP contribution in [-0.4, -0.2) is 55.2 Å². The number of hydrogen-bond acceptors (Lipinski definition) is 7. The zero-order valence-electron chi connectivity index (χ0n) is 11.5. The Morgan fingerprint density at radius 1 is 1.36 bits per heavy atom. The third-order valence-corrected chi connectivity index (χ3v) is 4.01. The fraction of sp³-hybridized carbons (Fsp3) is 0.462. The monoisotopic (exact) mass is 327 g/mol. The maximum atomic E-state index is 13.4. The molecule has 1 aliphatic heterocycles. The van der Waals surface area contributed by atoms with Crippen molar-refractivity contribution in [2.45, 2.75) is 31.3 Å². The molecular formula is C13H14FN3O4S. The number of aliphatic hydroxyl groups excluding tert-OH is 3. The number of nitrogens with one attached hydrogen (secondary N) is 1. The molecule has 1 fully saturated rings. The highest BCUT2D eigenvalue weighted by Crippen LogP contribution is 2.34. The topological polar surface area (TPSA) is 111 Å². The average Bonchev–Trinajstić information content (AvgIpc) is 2.76. The van der Waals surface area contributed by atoms with Crippen LogP contribution in [0.5, 0.6) is 0 Å². The maximum absolute atomic E-state index is 13.4. The molecule has 9 heteroatoms. The van der Waals surface area contributed by atoms with Crippen LogP contribution in [-0.2, 0) is 4.74 Å². The SMILES string of the molecule is Cc1nc2cc([C@@H]3O[C@H](CO)[C@H](O)C3O)c(=S)[nH]c2nc1F. The first-order chi connectivity index (χ1) is 10.4. The zero-order valence-corrected chi connectivity index (χ0v) is 12.3. The van der Waals surface area contributed by atoms with Crippen molar-refractivity contribution in [2.75, 3.05) is 6.61 Å². The number of aryl methyl sites for hydroxylation is 1. The van der Waals surface area contributed by atoms with Crippen molar-refractivity contribution < 1.29 is 24.4 Å². The summed E-state index contributed by atoms with van der Waals surface area (Å²) in [6.45, 7) is 1.05. The standard InChI is InChI=1S/C13H14FN3O4S/c1-4-11(14)16-12-6(15-4)2-5(13(22)17-12)10-9(20)8(19)7(3-18)21-10/h2,7-10,18-20H,3H2,1H3,(H,16,17,22)/t7-,8+,9?,10+/m1/s1. The van der Waals surface area contributed by atoms with E-state index in [0.717, 1.165) is 0 Å². The first-order valence-electron chi connectivity index (χ1n) is 6.62. The number of fused-ring (bicyclic) bond motifs is 1. The lowest BCUT2D eigenvalue weighted by atomic mass is 10.0. The summed E-state index contributed by atoms with van der Waals surface area (Å²) in [5, 5.41) is 29.0. The highest BCUT2D eigenvalue weighted by molar-refractivity contribution is 7.71. The number of aliphatic hydroxyl groups is 3. The highest BCUT2D eigenvalue weighted by Gasteiger charge is 2.43. The molecule has 4 atom stereocenters. The van der Waals surface area contributed by atoms with Crippen LogP contribution in [0.2, 0.25) is 0 Å². The maximum Gasteiger partial charge on any atom is 0.236 e. The van der Waals surface area contributed by atoms with E-state index in [-0.39, 0.29) is 16.0 Å². The quantitative estimate of drug-likeness (QED) is 0.587. The summed E-state index contributed by atoms with van der Waals surface area (Å²) < 4.78 is 19.1. The Kier molecular flexibility index (Phi) is 3.91. The molecule has 4 N–H and O–H groups in total. The summed E-state index contributed by atoms with van der Waals surface area (Å²) in [6, 6.07) is 1.54. The molecule has 3 heterocycles.